The SMILES string of the molecule is COc1ccc([C@H](C)NC(=O)C(C)C)cc1. The highest BCUT2D eigenvalue weighted by Crippen LogP contribution is 2.17. The first-order chi connectivity index (χ1) is 7.54. The molecule has 0 aliphatic rings. The minimum absolute atomic E-state index is 0.0145. The van der Waals surface area contributed by atoms with Gasteiger partial charge in [0, 0.05) is 5.92 Å². The van der Waals surface area contributed by atoms with Gasteiger partial charge in [-0.05, 0) is 24.6 Å². The number of hydrogen-bond acceptors (Lipinski definition) is 2. The molecule has 3 heteroatoms. The third-order valence-corrected chi connectivity index (χ3v) is 2.50. The van der Waals surface area contributed by atoms with Crippen LogP contribution in [-0.4, -0.2) is 13.0 Å². The third-order valence-electron chi connectivity index (χ3n) is 2.50. The molecule has 0 spiro atoms. The molecule has 0 saturated heterocycles. The molecule has 1 atom stereocenters. The molecule has 0 unspecified atom stereocenters. The second kappa shape index (κ2) is 5.54. The summed E-state index contributed by atoms with van der Waals surface area (Å²) in [5.74, 6) is 0.912. The maximum Gasteiger partial charge on any atom is 0.223 e. The Hall–Kier alpha value is -1.51. The summed E-state index contributed by atoms with van der Waals surface area (Å²) in [6, 6.07) is 7.75. The monoisotopic (exact) mass is 221 g/mol. The first-order valence-electron chi connectivity index (χ1n) is 5.49. The maximum absolute atomic E-state index is 11.5. The first-order valence-corrected chi connectivity index (χ1v) is 5.49. The van der Waals surface area contributed by atoms with Gasteiger partial charge in [-0.2, -0.15) is 0 Å². The summed E-state index contributed by atoms with van der Waals surface area (Å²) in [6.45, 7) is 5.74. The van der Waals surface area contributed by atoms with Crippen LogP contribution in [0.3, 0.4) is 0 Å². The van der Waals surface area contributed by atoms with Crippen LogP contribution in [0.5, 0.6) is 5.75 Å². The van der Waals surface area contributed by atoms with Crippen LogP contribution in [0.4, 0.5) is 0 Å². The van der Waals surface area contributed by atoms with Crippen molar-refractivity contribution in [3.05, 3.63) is 29.8 Å². The number of hydrogen-bond donors (Lipinski definition) is 1. The molecule has 1 rings (SSSR count). The lowest BCUT2D eigenvalue weighted by molar-refractivity contribution is -0.124. The Morgan fingerprint density at radius 3 is 2.19 bits per heavy atom. The van der Waals surface area contributed by atoms with Gasteiger partial charge in [0.05, 0.1) is 13.2 Å². The van der Waals surface area contributed by atoms with Crippen LogP contribution in [0.15, 0.2) is 24.3 Å². The number of amides is 1. The van der Waals surface area contributed by atoms with Gasteiger partial charge in [-0.1, -0.05) is 26.0 Å². The molecule has 1 aromatic carbocycles. The van der Waals surface area contributed by atoms with E-state index in [-0.39, 0.29) is 17.9 Å². The van der Waals surface area contributed by atoms with E-state index in [4.69, 9.17) is 4.74 Å². The van der Waals surface area contributed by atoms with E-state index < -0.39 is 0 Å². The van der Waals surface area contributed by atoms with Crippen molar-refractivity contribution in [1.82, 2.24) is 5.32 Å². The molecular formula is C13H19NO2. The number of carbonyl (C=O) groups excluding carboxylic acids is 1. The Morgan fingerprint density at radius 2 is 1.75 bits per heavy atom. The second-order valence-corrected chi connectivity index (χ2v) is 4.16. The highest BCUT2D eigenvalue weighted by atomic mass is 16.5. The average Bonchev–Trinajstić information content (AvgIpc) is 2.28. The van der Waals surface area contributed by atoms with Gasteiger partial charge < -0.3 is 10.1 Å². The zero-order chi connectivity index (χ0) is 12.1. The van der Waals surface area contributed by atoms with E-state index in [0.717, 1.165) is 11.3 Å². The number of nitrogens with one attached hydrogen (secondary N) is 1. The van der Waals surface area contributed by atoms with Crippen molar-refractivity contribution < 1.29 is 9.53 Å². The minimum Gasteiger partial charge on any atom is -0.497 e. The van der Waals surface area contributed by atoms with E-state index in [0.29, 0.717) is 0 Å². The van der Waals surface area contributed by atoms with Gasteiger partial charge in [-0.3, -0.25) is 4.79 Å². The van der Waals surface area contributed by atoms with Crippen LogP contribution in [-0.2, 0) is 4.79 Å². The molecule has 0 fully saturated rings. The lowest BCUT2D eigenvalue weighted by Crippen LogP contribution is -2.30. The van der Waals surface area contributed by atoms with Crippen molar-refractivity contribution in [2.75, 3.05) is 7.11 Å². The predicted octanol–water partition coefficient (Wildman–Crippen LogP) is 2.53. The van der Waals surface area contributed by atoms with E-state index in [1.165, 1.54) is 0 Å². The van der Waals surface area contributed by atoms with Crippen LogP contribution in [0, 0.1) is 5.92 Å². The lowest BCUT2D eigenvalue weighted by Gasteiger charge is -2.16. The molecule has 0 aliphatic heterocycles. The summed E-state index contributed by atoms with van der Waals surface area (Å²) in [6.07, 6.45) is 0. The summed E-state index contributed by atoms with van der Waals surface area (Å²) >= 11 is 0. The molecule has 88 valence electrons. The van der Waals surface area contributed by atoms with E-state index in [2.05, 4.69) is 5.32 Å². The summed E-state index contributed by atoms with van der Waals surface area (Å²) < 4.78 is 5.08. The Bertz CT molecular complexity index is 343. The molecule has 1 N–H and O–H groups in total. The molecule has 0 aromatic heterocycles. The van der Waals surface area contributed by atoms with Crippen molar-refractivity contribution in [2.24, 2.45) is 5.92 Å². The third kappa shape index (κ3) is 3.26. The van der Waals surface area contributed by atoms with Gasteiger partial charge in [-0.15, -0.1) is 0 Å². The topological polar surface area (TPSA) is 38.3 Å². The van der Waals surface area contributed by atoms with E-state index in [1.54, 1.807) is 7.11 Å². The fourth-order valence-electron chi connectivity index (χ4n) is 1.36. The van der Waals surface area contributed by atoms with Gasteiger partial charge in [-0.25, -0.2) is 0 Å². The van der Waals surface area contributed by atoms with E-state index in [9.17, 15) is 4.79 Å². The molecule has 1 aromatic rings. The number of benzene rings is 1. The Labute approximate surface area is 96.8 Å². The smallest absolute Gasteiger partial charge is 0.223 e. The molecule has 0 radical (unpaired) electrons. The molecule has 0 bridgehead atoms. The van der Waals surface area contributed by atoms with Crippen molar-refractivity contribution in [3.8, 4) is 5.75 Å². The molecular weight excluding hydrogens is 202 g/mol. The molecule has 0 saturated carbocycles. The molecule has 16 heavy (non-hydrogen) atoms. The van der Waals surface area contributed by atoms with Crippen LogP contribution < -0.4 is 10.1 Å². The van der Waals surface area contributed by atoms with Crippen LogP contribution in [0.1, 0.15) is 32.4 Å². The van der Waals surface area contributed by atoms with E-state index in [1.807, 2.05) is 45.0 Å². The van der Waals surface area contributed by atoms with Gasteiger partial charge in [0.25, 0.3) is 0 Å². The Morgan fingerprint density at radius 1 is 1.19 bits per heavy atom. The van der Waals surface area contributed by atoms with Crippen molar-refractivity contribution in [1.29, 1.82) is 0 Å². The van der Waals surface area contributed by atoms with Gasteiger partial charge in [0.2, 0.25) is 5.91 Å². The summed E-state index contributed by atoms with van der Waals surface area (Å²) in [5, 5.41) is 2.95. The van der Waals surface area contributed by atoms with Crippen molar-refractivity contribution in [2.45, 2.75) is 26.8 Å². The number of methoxy groups -OCH3 is 1. The zero-order valence-electron chi connectivity index (χ0n) is 10.3. The highest BCUT2D eigenvalue weighted by molar-refractivity contribution is 5.78. The quantitative estimate of drug-likeness (QED) is 0.848. The van der Waals surface area contributed by atoms with Crippen molar-refractivity contribution in [3.63, 3.8) is 0 Å². The van der Waals surface area contributed by atoms with Gasteiger partial charge in [0.15, 0.2) is 0 Å². The normalized spacial score (nSPS) is 12.3. The lowest BCUT2D eigenvalue weighted by atomic mass is 10.1. The average molecular weight is 221 g/mol. The Balaban J connectivity index is 2.65. The van der Waals surface area contributed by atoms with Crippen molar-refractivity contribution >= 4 is 5.91 Å². The Kier molecular flexibility index (Phi) is 4.35. The molecule has 1 amide bonds. The number of carbonyl (C=O) groups is 1. The van der Waals surface area contributed by atoms with Gasteiger partial charge in [0.1, 0.15) is 5.75 Å². The number of ether oxygens (including phenoxy) is 1. The summed E-state index contributed by atoms with van der Waals surface area (Å²) in [7, 11) is 1.64. The summed E-state index contributed by atoms with van der Waals surface area (Å²) in [4.78, 5) is 11.5. The van der Waals surface area contributed by atoms with E-state index >= 15 is 0 Å². The largest absolute Gasteiger partial charge is 0.497 e. The van der Waals surface area contributed by atoms with Crippen LogP contribution >= 0.6 is 0 Å². The minimum atomic E-state index is 0.0145. The maximum atomic E-state index is 11.5. The van der Waals surface area contributed by atoms with Crippen LogP contribution in [0.2, 0.25) is 0 Å². The highest BCUT2D eigenvalue weighted by Gasteiger charge is 2.11. The molecule has 3 nitrogen and oxygen atoms in total. The fraction of sp³-hybridized carbons (Fsp3) is 0.462. The van der Waals surface area contributed by atoms with Gasteiger partial charge >= 0.3 is 0 Å². The standard InChI is InChI=1S/C13H19NO2/c1-9(2)13(15)14-10(3)11-5-7-12(16-4)8-6-11/h5-10H,1-4H3,(H,14,15)/t10-/m0/s1. The van der Waals surface area contributed by atoms with Crippen LogP contribution in [0.25, 0.3) is 0 Å². The zero-order valence-corrected chi connectivity index (χ0v) is 10.3. The fourth-order valence-corrected chi connectivity index (χ4v) is 1.36. The predicted molar refractivity (Wildman–Crippen MR) is 64.4 cm³/mol. The first kappa shape index (κ1) is 12.6. The molecule has 0 heterocycles. The number of rotatable bonds is 4. The summed E-state index contributed by atoms with van der Waals surface area (Å²) in [5.41, 5.74) is 1.08. The second-order valence-electron chi connectivity index (χ2n) is 4.16. The molecule has 0 aliphatic carbocycles.